The Morgan fingerprint density at radius 2 is 2.06 bits per heavy atom. The summed E-state index contributed by atoms with van der Waals surface area (Å²) in [4.78, 5) is 2.30. The van der Waals surface area contributed by atoms with E-state index in [9.17, 15) is 0 Å². The molecule has 0 aliphatic carbocycles. The number of likely N-dealkylation sites (N-methyl/N-ethyl adjacent to an activating group) is 1. The monoisotopic (exact) mass is 218 g/mol. The summed E-state index contributed by atoms with van der Waals surface area (Å²) in [6.07, 6.45) is 0. The first kappa shape index (κ1) is 11.5. The van der Waals surface area contributed by atoms with Crippen molar-refractivity contribution in [2.75, 3.05) is 25.0 Å². The molecule has 1 aliphatic rings. The molecule has 0 bridgehead atoms. The van der Waals surface area contributed by atoms with E-state index in [1.807, 2.05) is 0 Å². The zero-order valence-electron chi connectivity index (χ0n) is 10.7. The lowest BCUT2D eigenvalue weighted by molar-refractivity contribution is 0.588. The minimum atomic E-state index is 0.218. The fourth-order valence-corrected chi connectivity index (χ4v) is 2.42. The lowest BCUT2D eigenvalue weighted by atomic mass is 9.85. The lowest BCUT2D eigenvalue weighted by Crippen LogP contribution is -2.20. The van der Waals surface area contributed by atoms with Crippen LogP contribution >= 0.6 is 0 Å². The molecule has 0 amide bonds. The fraction of sp³-hybridized carbons (Fsp3) is 0.571. The molecule has 1 heterocycles. The zero-order valence-corrected chi connectivity index (χ0v) is 10.7. The second-order valence-electron chi connectivity index (χ2n) is 5.84. The molecule has 0 radical (unpaired) electrons. The van der Waals surface area contributed by atoms with E-state index in [0.29, 0.717) is 5.92 Å². The third-order valence-electron chi connectivity index (χ3n) is 3.52. The highest BCUT2D eigenvalue weighted by molar-refractivity contribution is 5.61. The second kappa shape index (κ2) is 3.77. The van der Waals surface area contributed by atoms with E-state index in [1.165, 1.54) is 16.8 Å². The summed E-state index contributed by atoms with van der Waals surface area (Å²) in [7, 11) is 2.14. The average molecular weight is 218 g/mol. The SMILES string of the molecule is CN1CC(CN)c2cc(C(C)(C)C)ccc21. The Kier molecular flexibility index (Phi) is 2.70. The van der Waals surface area contributed by atoms with Gasteiger partial charge in [-0.05, 0) is 22.6 Å². The van der Waals surface area contributed by atoms with Gasteiger partial charge in [-0.1, -0.05) is 32.9 Å². The molecule has 88 valence electrons. The summed E-state index contributed by atoms with van der Waals surface area (Å²) in [6, 6.07) is 6.83. The van der Waals surface area contributed by atoms with Crippen LogP contribution in [-0.4, -0.2) is 20.1 Å². The van der Waals surface area contributed by atoms with Gasteiger partial charge in [0.1, 0.15) is 0 Å². The van der Waals surface area contributed by atoms with Crippen LogP contribution in [0.3, 0.4) is 0 Å². The van der Waals surface area contributed by atoms with E-state index in [0.717, 1.165) is 13.1 Å². The molecular weight excluding hydrogens is 196 g/mol. The predicted octanol–water partition coefficient (Wildman–Crippen LogP) is 2.48. The molecule has 2 heteroatoms. The van der Waals surface area contributed by atoms with E-state index >= 15 is 0 Å². The predicted molar refractivity (Wildman–Crippen MR) is 70.2 cm³/mol. The average Bonchev–Trinajstić information content (AvgIpc) is 2.54. The van der Waals surface area contributed by atoms with Crippen LogP contribution in [0.25, 0.3) is 0 Å². The van der Waals surface area contributed by atoms with Crippen LogP contribution in [0.4, 0.5) is 5.69 Å². The number of hydrogen-bond acceptors (Lipinski definition) is 2. The highest BCUT2D eigenvalue weighted by Gasteiger charge is 2.26. The van der Waals surface area contributed by atoms with E-state index in [1.54, 1.807) is 0 Å². The van der Waals surface area contributed by atoms with Crippen LogP contribution in [0.15, 0.2) is 18.2 Å². The van der Waals surface area contributed by atoms with Crippen molar-refractivity contribution in [3.8, 4) is 0 Å². The van der Waals surface area contributed by atoms with Crippen molar-refractivity contribution in [3.63, 3.8) is 0 Å². The first-order valence-corrected chi connectivity index (χ1v) is 5.99. The van der Waals surface area contributed by atoms with E-state index in [4.69, 9.17) is 5.73 Å². The van der Waals surface area contributed by atoms with Crippen molar-refractivity contribution in [1.29, 1.82) is 0 Å². The molecule has 1 aliphatic heterocycles. The van der Waals surface area contributed by atoms with Gasteiger partial charge in [0.15, 0.2) is 0 Å². The molecule has 1 aromatic rings. The summed E-state index contributed by atoms with van der Waals surface area (Å²) < 4.78 is 0. The minimum absolute atomic E-state index is 0.218. The Labute approximate surface area is 98.4 Å². The Morgan fingerprint density at radius 3 is 2.62 bits per heavy atom. The molecule has 1 unspecified atom stereocenters. The highest BCUT2D eigenvalue weighted by atomic mass is 15.1. The summed E-state index contributed by atoms with van der Waals surface area (Å²) in [6.45, 7) is 8.56. The third kappa shape index (κ3) is 1.82. The Balaban J connectivity index is 2.46. The number of rotatable bonds is 1. The van der Waals surface area contributed by atoms with Crippen molar-refractivity contribution in [3.05, 3.63) is 29.3 Å². The number of anilines is 1. The Bertz CT molecular complexity index is 390. The van der Waals surface area contributed by atoms with Gasteiger partial charge in [-0.25, -0.2) is 0 Å². The highest BCUT2D eigenvalue weighted by Crippen LogP contribution is 2.37. The van der Waals surface area contributed by atoms with Crippen LogP contribution in [0.5, 0.6) is 0 Å². The largest absolute Gasteiger partial charge is 0.374 e. The number of nitrogens with zero attached hydrogens (tertiary/aromatic N) is 1. The van der Waals surface area contributed by atoms with Crippen LogP contribution < -0.4 is 10.6 Å². The molecule has 1 aromatic carbocycles. The maximum atomic E-state index is 5.84. The molecule has 16 heavy (non-hydrogen) atoms. The normalized spacial score (nSPS) is 20.1. The van der Waals surface area contributed by atoms with Crippen LogP contribution in [-0.2, 0) is 5.41 Å². The van der Waals surface area contributed by atoms with Gasteiger partial charge in [0.25, 0.3) is 0 Å². The van der Waals surface area contributed by atoms with E-state index in [-0.39, 0.29) is 5.41 Å². The van der Waals surface area contributed by atoms with Crippen molar-refractivity contribution in [2.24, 2.45) is 5.73 Å². The molecule has 0 fully saturated rings. The van der Waals surface area contributed by atoms with Gasteiger partial charge in [0.05, 0.1) is 0 Å². The Hall–Kier alpha value is -1.02. The molecule has 2 rings (SSSR count). The second-order valence-corrected chi connectivity index (χ2v) is 5.84. The third-order valence-corrected chi connectivity index (χ3v) is 3.52. The standard InChI is InChI=1S/C14H22N2/c1-14(2,3)11-5-6-13-12(7-11)10(8-15)9-16(13)4/h5-7,10H,8-9,15H2,1-4H3. The summed E-state index contributed by atoms with van der Waals surface area (Å²) >= 11 is 0. The molecule has 0 aromatic heterocycles. The fourth-order valence-electron chi connectivity index (χ4n) is 2.42. The van der Waals surface area contributed by atoms with Gasteiger partial charge in [-0.3, -0.25) is 0 Å². The molecule has 2 nitrogen and oxygen atoms in total. The smallest absolute Gasteiger partial charge is 0.0400 e. The zero-order chi connectivity index (χ0) is 11.9. The summed E-state index contributed by atoms with van der Waals surface area (Å²) in [5, 5.41) is 0. The van der Waals surface area contributed by atoms with Crippen LogP contribution in [0, 0.1) is 0 Å². The van der Waals surface area contributed by atoms with Crippen molar-refractivity contribution >= 4 is 5.69 Å². The van der Waals surface area contributed by atoms with Crippen LogP contribution in [0.1, 0.15) is 37.8 Å². The first-order chi connectivity index (χ1) is 7.43. The van der Waals surface area contributed by atoms with Gasteiger partial charge in [0.2, 0.25) is 0 Å². The number of fused-ring (bicyclic) bond motifs is 1. The molecule has 0 saturated carbocycles. The lowest BCUT2D eigenvalue weighted by Gasteiger charge is -2.21. The maximum Gasteiger partial charge on any atom is 0.0400 e. The topological polar surface area (TPSA) is 29.3 Å². The van der Waals surface area contributed by atoms with Crippen molar-refractivity contribution in [1.82, 2.24) is 0 Å². The van der Waals surface area contributed by atoms with Crippen molar-refractivity contribution < 1.29 is 0 Å². The quantitative estimate of drug-likeness (QED) is 0.784. The van der Waals surface area contributed by atoms with Gasteiger partial charge >= 0.3 is 0 Å². The van der Waals surface area contributed by atoms with Gasteiger partial charge < -0.3 is 10.6 Å². The molecule has 0 saturated heterocycles. The minimum Gasteiger partial charge on any atom is -0.374 e. The Morgan fingerprint density at radius 1 is 1.38 bits per heavy atom. The van der Waals surface area contributed by atoms with Gasteiger partial charge in [-0.2, -0.15) is 0 Å². The maximum absolute atomic E-state index is 5.84. The van der Waals surface area contributed by atoms with E-state index < -0.39 is 0 Å². The van der Waals surface area contributed by atoms with Gasteiger partial charge in [0, 0.05) is 31.7 Å². The van der Waals surface area contributed by atoms with Crippen LogP contribution in [0.2, 0.25) is 0 Å². The molecule has 2 N–H and O–H groups in total. The van der Waals surface area contributed by atoms with Crippen molar-refractivity contribution in [2.45, 2.75) is 32.1 Å². The summed E-state index contributed by atoms with van der Waals surface area (Å²) in [5.41, 5.74) is 10.2. The molecular formula is C14H22N2. The molecule has 1 atom stereocenters. The number of hydrogen-bond donors (Lipinski definition) is 1. The van der Waals surface area contributed by atoms with Gasteiger partial charge in [-0.15, -0.1) is 0 Å². The number of nitrogens with two attached hydrogens (primary N) is 1. The first-order valence-electron chi connectivity index (χ1n) is 5.99. The van der Waals surface area contributed by atoms with E-state index in [2.05, 4.69) is 50.9 Å². The molecule has 0 spiro atoms. The number of benzene rings is 1. The summed E-state index contributed by atoms with van der Waals surface area (Å²) in [5.74, 6) is 0.502.